The first kappa shape index (κ1) is 15.7. The summed E-state index contributed by atoms with van der Waals surface area (Å²) in [5, 5.41) is 6.27. The molecule has 0 radical (unpaired) electrons. The summed E-state index contributed by atoms with van der Waals surface area (Å²) in [6.45, 7) is 3.86. The highest BCUT2D eigenvalue weighted by Gasteiger charge is 2.55. The number of nitrogens with two attached hydrogens (primary N) is 1. The zero-order valence-electron chi connectivity index (χ0n) is 13.8. The Balaban J connectivity index is 1.48. The van der Waals surface area contributed by atoms with Gasteiger partial charge in [-0.15, -0.1) is 0 Å². The molecule has 2 aliphatic rings. The van der Waals surface area contributed by atoms with Gasteiger partial charge in [-0.05, 0) is 37.5 Å². The van der Waals surface area contributed by atoms with Crippen molar-refractivity contribution in [2.45, 2.75) is 25.8 Å². The molecule has 2 fully saturated rings. The van der Waals surface area contributed by atoms with E-state index in [4.69, 9.17) is 5.14 Å². The maximum absolute atomic E-state index is 11.4. The molecule has 1 saturated carbocycles. The van der Waals surface area contributed by atoms with E-state index >= 15 is 0 Å². The molecular formula is C16H21N5O2S. The first-order valence-corrected chi connectivity index (χ1v) is 9.50. The number of hydrogen-bond donors (Lipinski definition) is 1. The van der Waals surface area contributed by atoms with Gasteiger partial charge in [-0.2, -0.15) is 12.7 Å². The molecule has 4 rings (SSSR count). The summed E-state index contributed by atoms with van der Waals surface area (Å²) in [4.78, 5) is 11.1. The standard InChI is InChI=1S/C16H21N5O2S/c1-11-3-4-13-14(5-11)18-10-19-15(13)21-8-16(9-21)6-12(7-16)20(2)24(17,22)23/h3-5,10,12H,6-9H2,1-2H3,(H2,17,22,23). The van der Waals surface area contributed by atoms with Crippen LogP contribution >= 0.6 is 0 Å². The fraction of sp³-hybridized carbons (Fsp3) is 0.500. The Morgan fingerprint density at radius 1 is 1.29 bits per heavy atom. The summed E-state index contributed by atoms with van der Waals surface area (Å²) in [6.07, 6.45) is 3.33. The zero-order chi connectivity index (χ0) is 17.1. The van der Waals surface area contributed by atoms with Gasteiger partial charge in [0.2, 0.25) is 0 Å². The Morgan fingerprint density at radius 2 is 2.00 bits per heavy atom. The molecule has 2 aromatic rings. The van der Waals surface area contributed by atoms with Crippen molar-refractivity contribution in [2.75, 3.05) is 25.0 Å². The minimum Gasteiger partial charge on any atom is -0.355 e. The van der Waals surface area contributed by atoms with Crippen molar-refractivity contribution >= 4 is 26.9 Å². The smallest absolute Gasteiger partial charge is 0.276 e. The molecule has 1 aliphatic heterocycles. The second-order valence-electron chi connectivity index (χ2n) is 7.20. The Labute approximate surface area is 141 Å². The Kier molecular flexibility index (Phi) is 3.35. The topological polar surface area (TPSA) is 92.4 Å². The van der Waals surface area contributed by atoms with E-state index in [1.54, 1.807) is 13.4 Å². The molecule has 2 heterocycles. The van der Waals surface area contributed by atoms with Crippen molar-refractivity contribution in [3.63, 3.8) is 0 Å². The van der Waals surface area contributed by atoms with E-state index in [2.05, 4.69) is 40.0 Å². The second-order valence-corrected chi connectivity index (χ2v) is 8.80. The number of nitrogens with zero attached hydrogens (tertiary/aromatic N) is 4. The molecule has 8 heteroatoms. The van der Waals surface area contributed by atoms with E-state index in [1.165, 1.54) is 9.87 Å². The summed E-state index contributed by atoms with van der Waals surface area (Å²) >= 11 is 0. The fourth-order valence-electron chi connectivity index (χ4n) is 3.98. The minimum atomic E-state index is -3.60. The predicted molar refractivity (Wildman–Crippen MR) is 92.8 cm³/mol. The number of hydrogen-bond acceptors (Lipinski definition) is 5. The van der Waals surface area contributed by atoms with Crippen LogP contribution in [-0.2, 0) is 10.2 Å². The van der Waals surface area contributed by atoms with Crippen LogP contribution in [0.3, 0.4) is 0 Å². The van der Waals surface area contributed by atoms with Gasteiger partial charge in [-0.3, -0.25) is 0 Å². The maximum atomic E-state index is 11.4. The first-order valence-electron chi connectivity index (χ1n) is 8.00. The van der Waals surface area contributed by atoms with Crippen LogP contribution in [0.1, 0.15) is 18.4 Å². The van der Waals surface area contributed by atoms with Crippen molar-refractivity contribution in [3.05, 3.63) is 30.1 Å². The van der Waals surface area contributed by atoms with Gasteiger partial charge in [0.25, 0.3) is 10.2 Å². The SMILES string of the molecule is Cc1ccc2c(N3CC4(CC(N(C)S(N)(=O)=O)C4)C3)ncnc2c1. The fourth-order valence-corrected chi connectivity index (χ4v) is 4.55. The molecule has 128 valence electrons. The summed E-state index contributed by atoms with van der Waals surface area (Å²) in [7, 11) is -2.04. The van der Waals surface area contributed by atoms with Crippen molar-refractivity contribution in [1.29, 1.82) is 0 Å². The predicted octanol–water partition coefficient (Wildman–Crippen LogP) is 1.04. The molecular weight excluding hydrogens is 326 g/mol. The van der Waals surface area contributed by atoms with Crippen LogP contribution in [0, 0.1) is 12.3 Å². The Bertz CT molecular complexity index is 900. The molecule has 0 unspecified atom stereocenters. The molecule has 1 aromatic heterocycles. The second kappa shape index (κ2) is 5.11. The summed E-state index contributed by atoms with van der Waals surface area (Å²) < 4.78 is 24.1. The number of aromatic nitrogens is 2. The molecule has 1 aromatic carbocycles. The van der Waals surface area contributed by atoms with Crippen molar-refractivity contribution in [1.82, 2.24) is 14.3 Å². The molecule has 24 heavy (non-hydrogen) atoms. The summed E-state index contributed by atoms with van der Waals surface area (Å²) in [6, 6.07) is 6.23. The lowest BCUT2D eigenvalue weighted by Crippen LogP contribution is -2.67. The van der Waals surface area contributed by atoms with Crippen molar-refractivity contribution in [3.8, 4) is 0 Å². The van der Waals surface area contributed by atoms with Crippen LogP contribution < -0.4 is 10.0 Å². The third-order valence-electron chi connectivity index (χ3n) is 5.38. The number of aryl methyl sites for hydroxylation is 1. The van der Waals surface area contributed by atoms with E-state index in [0.29, 0.717) is 0 Å². The van der Waals surface area contributed by atoms with Gasteiger partial charge in [-0.1, -0.05) is 6.07 Å². The van der Waals surface area contributed by atoms with E-state index in [1.807, 2.05) is 0 Å². The molecule has 1 spiro atoms. The Hall–Kier alpha value is -1.77. The first-order chi connectivity index (χ1) is 11.3. The van der Waals surface area contributed by atoms with Crippen molar-refractivity contribution in [2.24, 2.45) is 10.6 Å². The van der Waals surface area contributed by atoms with E-state index < -0.39 is 10.2 Å². The van der Waals surface area contributed by atoms with Gasteiger partial charge in [-0.25, -0.2) is 15.1 Å². The van der Waals surface area contributed by atoms with Crippen LogP contribution in [-0.4, -0.2) is 48.9 Å². The number of anilines is 1. The van der Waals surface area contributed by atoms with Crippen LogP contribution in [0.15, 0.2) is 24.5 Å². The minimum absolute atomic E-state index is 0.0203. The van der Waals surface area contributed by atoms with E-state index in [-0.39, 0.29) is 11.5 Å². The molecule has 2 N–H and O–H groups in total. The van der Waals surface area contributed by atoms with Gasteiger partial charge in [0, 0.05) is 37.0 Å². The summed E-state index contributed by atoms with van der Waals surface area (Å²) in [5.41, 5.74) is 2.34. The molecule has 0 bridgehead atoms. The number of fused-ring (bicyclic) bond motifs is 1. The van der Waals surface area contributed by atoms with Crippen LogP contribution in [0.5, 0.6) is 0 Å². The number of benzene rings is 1. The third-order valence-corrected chi connectivity index (χ3v) is 6.48. The highest BCUT2D eigenvalue weighted by Crippen LogP contribution is 2.51. The maximum Gasteiger partial charge on any atom is 0.276 e. The van der Waals surface area contributed by atoms with Gasteiger partial charge < -0.3 is 4.90 Å². The monoisotopic (exact) mass is 347 g/mol. The zero-order valence-corrected chi connectivity index (χ0v) is 14.6. The molecule has 0 atom stereocenters. The van der Waals surface area contributed by atoms with Crippen LogP contribution in [0.2, 0.25) is 0 Å². The normalized spacial score (nSPS) is 20.4. The van der Waals surface area contributed by atoms with Gasteiger partial charge in [0.15, 0.2) is 0 Å². The van der Waals surface area contributed by atoms with Crippen LogP contribution in [0.25, 0.3) is 10.9 Å². The van der Waals surface area contributed by atoms with E-state index in [9.17, 15) is 8.42 Å². The summed E-state index contributed by atoms with van der Waals surface area (Å²) in [5.74, 6) is 0.967. The number of rotatable bonds is 3. The lowest BCUT2D eigenvalue weighted by atomic mass is 9.60. The average Bonchev–Trinajstić information content (AvgIpc) is 2.42. The lowest BCUT2D eigenvalue weighted by molar-refractivity contribution is 0.0207. The van der Waals surface area contributed by atoms with Gasteiger partial charge >= 0.3 is 0 Å². The van der Waals surface area contributed by atoms with Gasteiger partial charge in [0.1, 0.15) is 12.1 Å². The molecule has 7 nitrogen and oxygen atoms in total. The largest absolute Gasteiger partial charge is 0.355 e. The average molecular weight is 347 g/mol. The molecule has 1 saturated heterocycles. The lowest BCUT2D eigenvalue weighted by Gasteiger charge is -2.60. The van der Waals surface area contributed by atoms with Gasteiger partial charge in [0.05, 0.1) is 5.52 Å². The highest BCUT2D eigenvalue weighted by molar-refractivity contribution is 7.86. The third kappa shape index (κ3) is 2.45. The van der Waals surface area contributed by atoms with E-state index in [0.717, 1.165) is 42.7 Å². The Morgan fingerprint density at radius 3 is 2.67 bits per heavy atom. The highest BCUT2D eigenvalue weighted by atomic mass is 32.2. The quantitative estimate of drug-likeness (QED) is 0.896. The molecule has 0 amide bonds. The molecule has 1 aliphatic carbocycles. The van der Waals surface area contributed by atoms with Crippen molar-refractivity contribution < 1.29 is 8.42 Å². The van der Waals surface area contributed by atoms with Crippen LogP contribution in [0.4, 0.5) is 5.82 Å².